The zero-order chi connectivity index (χ0) is 12.1. The van der Waals surface area contributed by atoms with Crippen LogP contribution in [0.4, 0.5) is 0 Å². The Morgan fingerprint density at radius 3 is 2.69 bits per heavy atom. The van der Waals surface area contributed by atoms with Gasteiger partial charge in [0, 0.05) is 29.5 Å². The first-order valence-corrected chi connectivity index (χ1v) is 5.71. The minimum Gasteiger partial charge on any atom is -0.307 e. The van der Waals surface area contributed by atoms with E-state index in [1.807, 2.05) is 26.1 Å². The molecule has 0 radical (unpaired) electrons. The highest BCUT2D eigenvalue weighted by Crippen LogP contribution is 2.15. The van der Waals surface area contributed by atoms with E-state index in [2.05, 4.69) is 35.7 Å². The van der Waals surface area contributed by atoms with Crippen molar-refractivity contribution in [2.24, 2.45) is 0 Å². The number of nitrogens with zero attached hydrogens (tertiary/aromatic N) is 2. The molecule has 0 aliphatic carbocycles. The van der Waals surface area contributed by atoms with E-state index in [1.54, 1.807) is 0 Å². The number of aromatic nitrogens is 2. The predicted octanol–water partition coefficient (Wildman–Crippen LogP) is 2.71. The second-order valence-electron chi connectivity index (χ2n) is 4.27. The molecule has 0 spiro atoms. The smallest absolute Gasteiger partial charge is 0.125 e. The van der Waals surface area contributed by atoms with Gasteiger partial charge in [-0.3, -0.25) is 0 Å². The molecule has 2 atom stereocenters. The Kier molecular flexibility index (Phi) is 4.62. The number of hydrogen-bond donors (Lipinski definition) is 1. The van der Waals surface area contributed by atoms with Gasteiger partial charge in [-0.2, -0.15) is 0 Å². The Morgan fingerprint density at radius 1 is 1.44 bits per heavy atom. The largest absolute Gasteiger partial charge is 0.307 e. The number of hydrogen-bond acceptors (Lipinski definition) is 3. The normalized spacial score (nSPS) is 14.5. The molecule has 0 bridgehead atoms. The zero-order valence-corrected chi connectivity index (χ0v) is 10.6. The highest BCUT2D eigenvalue weighted by atomic mass is 15.0. The quantitative estimate of drug-likeness (QED) is 0.774. The monoisotopic (exact) mass is 219 g/mol. The zero-order valence-electron chi connectivity index (χ0n) is 10.6. The molecule has 0 aliphatic rings. The minimum absolute atomic E-state index is 0.274. The molecule has 1 N–H and O–H groups in total. The Balaban J connectivity index is 2.72. The maximum absolute atomic E-state index is 4.38. The maximum Gasteiger partial charge on any atom is 0.125 e. The second kappa shape index (κ2) is 5.75. The van der Waals surface area contributed by atoms with Crippen LogP contribution in [0.2, 0.25) is 0 Å². The van der Waals surface area contributed by atoms with Crippen LogP contribution < -0.4 is 5.32 Å². The van der Waals surface area contributed by atoms with Crippen LogP contribution in [0.1, 0.15) is 43.4 Å². The first-order valence-electron chi connectivity index (χ1n) is 5.71. The molecule has 3 nitrogen and oxygen atoms in total. The van der Waals surface area contributed by atoms with Crippen LogP contribution >= 0.6 is 0 Å². The fourth-order valence-corrected chi connectivity index (χ4v) is 1.85. The third-order valence-electron chi connectivity index (χ3n) is 2.66. The minimum atomic E-state index is 0.274. The van der Waals surface area contributed by atoms with Gasteiger partial charge in [0.05, 0.1) is 0 Å². The highest BCUT2D eigenvalue weighted by Gasteiger charge is 2.11. The van der Waals surface area contributed by atoms with E-state index in [0.29, 0.717) is 6.04 Å². The highest BCUT2D eigenvalue weighted by molar-refractivity contribution is 5.19. The summed E-state index contributed by atoms with van der Waals surface area (Å²) in [6.45, 7) is 12.0. The summed E-state index contributed by atoms with van der Waals surface area (Å²) >= 11 is 0. The molecule has 1 aromatic heterocycles. The molecule has 88 valence electrons. The van der Waals surface area contributed by atoms with Crippen LogP contribution in [0.3, 0.4) is 0 Å². The molecule has 0 fully saturated rings. The van der Waals surface area contributed by atoms with Gasteiger partial charge < -0.3 is 5.32 Å². The van der Waals surface area contributed by atoms with Crippen molar-refractivity contribution >= 4 is 0 Å². The molecule has 0 saturated heterocycles. The second-order valence-corrected chi connectivity index (χ2v) is 4.27. The topological polar surface area (TPSA) is 37.8 Å². The van der Waals surface area contributed by atoms with Crippen LogP contribution in [-0.4, -0.2) is 16.0 Å². The lowest BCUT2D eigenvalue weighted by Gasteiger charge is -2.20. The van der Waals surface area contributed by atoms with E-state index in [9.17, 15) is 0 Å². The average Bonchev–Trinajstić information content (AvgIpc) is 2.17. The van der Waals surface area contributed by atoms with Crippen LogP contribution in [-0.2, 0) is 0 Å². The molecule has 1 aromatic rings. The fraction of sp³-hybridized carbons (Fsp3) is 0.538. The maximum atomic E-state index is 4.38. The lowest BCUT2D eigenvalue weighted by molar-refractivity contribution is 0.479. The van der Waals surface area contributed by atoms with Gasteiger partial charge in [0.25, 0.3) is 0 Å². The number of rotatable bonds is 5. The predicted molar refractivity (Wildman–Crippen MR) is 67.3 cm³/mol. The van der Waals surface area contributed by atoms with Gasteiger partial charge in [-0.1, -0.05) is 6.08 Å². The van der Waals surface area contributed by atoms with Gasteiger partial charge in [-0.05, 0) is 34.1 Å². The average molecular weight is 219 g/mol. The summed E-state index contributed by atoms with van der Waals surface area (Å²) in [5.41, 5.74) is 2.22. The van der Waals surface area contributed by atoms with Gasteiger partial charge >= 0.3 is 0 Å². The van der Waals surface area contributed by atoms with E-state index in [-0.39, 0.29) is 6.04 Å². The van der Waals surface area contributed by atoms with E-state index in [1.165, 1.54) is 5.56 Å². The van der Waals surface area contributed by atoms with Crippen molar-refractivity contribution in [2.45, 2.75) is 46.2 Å². The molecule has 1 heterocycles. The third-order valence-corrected chi connectivity index (χ3v) is 2.66. The van der Waals surface area contributed by atoms with Crippen molar-refractivity contribution < 1.29 is 0 Å². The molecule has 16 heavy (non-hydrogen) atoms. The lowest BCUT2D eigenvalue weighted by Crippen LogP contribution is -2.29. The molecule has 0 saturated carbocycles. The molecule has 0 aromatic carbocycles. The summed E-state index contributed by atoms with van der Waals surface area (Å²) < 4.78 is 0. The lowest BCUT2D eigenvalue weighted by atomic mass is 10.1. The molecule has 0 aliphatic heterocycles. The van der Waals surface area contributed by atoms with Crippen molar-refractivity contribution in [1.82, 2.24) is 15.3 Å². The standard InChI is InChI=1S/C13H21N3/c1-6-7-9(2)15-10(3)13-8-14-12(5)16-11(13)4/h6,8-10,15H,1,7H2,2-5H3. The van der Waals surface area contributed by atoms with E-state index in [4.69, 9.17) is 0 Å². The summed E-state index contributed by atoms with van der Waals surface area (Å²) in [6, 6.07) is 0.698. The van der Waals surface area contributed by atoms with E-state index < -0.39 is 0 Å². The summed E-state index contributed by atoms with van der Waals surface area (Å²) in [6.07, 6.45) is 4.81. The fourth-order valence-electron chi connectivity index (χ4n) is 1.85. The Bertz CT molecular complexity index is 360. The molecule has 3 heteroatoms. The summed E-state index contributed by atoms with van der Waals surface area (Å²) in [4.78, 5) is 8.62. The summed E-state index contributed by atoms with van der Waals surface area (Å²) in [5, 5.41) is 3.51. The van der Waals surface area contributed by atoms with Gasteiger partial charge in [0.2, 0.25) is 0 Å². The van der Waals surface area contributed by atoms with Crippen LogP contribution in [0.15, 0.2) is 18.9 Å². The van der Waals surface area contributed by atoms with Gasteiger partial charge in [-0.15, -0.1) is 6.58 Å². The van der Waals surface area contributed by atoms with Crippen molar-refractivity contribution in [3.8, 4) is 0 Å². The van der Waals surface area contributed by atoms with Crippen LogP contribution in [0, 0.1) is 13.8 Å². The molecule has 2 unspecified atom stereocenters. The van der Waals surface area contributed by atoms with Gasteiger partial charge in [0.15, 0.2) is 0 Å². The molecule has 0 amide bonds. The van der Waals surface area contributed by atoms with Gasteiger partial charge in [0.1, 0.15) is 5.82 Å². The van der Waals surface area contributed by atoms with Crippen molar-refractivity contribution in [2.75, 3.05) is 0 Å². The van der Waals surface area contributed by atoms with Crippen molar-refractivity contribution in [3.05, 3.63) is 35.9 Å². The van der Waals surface area contributed by atoms with E-state index >= 15 is 0 Å². The summed E-state index contributed by atoms with van der Waals surface area (Å²) in [7, 11) is 0. The Hall–Kier alpha value is -1.22. The van der Waals surface area contributed by atoms with Crippen molar-refractivity contribution in [3.63, 3.8) is 0 Å². The van der Waals surface area contributed by atoms with Gasteiger partial charge in [-0.25, -0.2) is 9.97 Å². The van der Waals surface area contributed by atoms with Crippen LogP contribution in [0.5, 0.6) is 0 Å². The molecular formula is C13H21N3. The van der Waals surface area contributed by atoms with Crippen LogP contribution in [0.25, 0.3) is 0 Å². The molecular weight excluding hydrogens is 198 g/mol. The SMILES string of the molecule is C=CCC(C)NC(C)c1cnc(C)nc1C. The number of nitrogens with one attached hydrogen (secondary N) is 1. The molecule has 1 rings (SSSR count). The summed E-state index contributed by atoms with van der Waals surface area (Å²) in [5.74, 6) is 0.826. The van der Waals surface area contributed by atoms with E-state index in [0.717, 1.165) is 17.9 Å². The first-order chi connectivity index (χ1) is 7.54. The first kappa shape index (κ1) is 12.8. The Morgan fingerprint density at radius 2 is 2.12 bits per heavy atom. The Labute approximate surface area is 98.0 Å². The van der Waals surface area contributed by atoms with Crippen molar-refractivity contribution in [1.29, 1.82) is 0 Å². The number of aryl methyl sites for hydroxylation is 2. The third kappa shape index (κ3) is 3.42.